The first kappa shape index (κ1) is 21.8. The summed E-state index contributed by atoms with van der Waals surface area (Å²) in [5.74, 6) is -0.139. The summed E-state index contributed by atoms with van der Waals surface area (Å²) in [6, 6.07) is 23.3. The van der Waals surface area contributed by atoms with E-state index in [9.17, 15) is 9.59 Å². The first-order chi connectivity index (χ1) is 14.6. The Balaban J connectivity index is 1.78. The number of thiophene rings is 1. The number of hydrogen-bond donors (Lipinski definition) is 0. The molecule has 4 nitrogen and oxygen atoms in total. The van der Waals surface area contributed by atoms with Crippen LogP contribution in [0.5, 0.6) is 0 Å². The molecule has 1 heterocycles. The summed E-state index contributed by atoms with van der Waals surface area (Å²) in [5, 5.41) is 0. The average molecular weight is 421 g/mol. The Morgan fingerprint density at radius 2 is 1.50 bits per heavy atom. The molecule has 0 aliphatic carbocycles. The van der Waals surface area contributed by atoms with E-state index in [-0.39, 0.29) is 18.4 Å². The first-order valence-electron chi connectivity index (χ1n) is 10.3. The van der Waals surface area contributed by atoms with Crippen molar-refractivity contribution >= 4 is 23.2 Å². The number of amides is 2. The van der Waals surface area contributed by atoms with Gasteiger partial charge in [-0.3, -0.25) is 9.59 Å². The Bertz CT molecular complexity index is 954. The molecule has 0 radical (unpaired) electrons. The first-order valence-corrected chi connectivity index (χ1v) is 11.1. The molecule has 0 atom stereocenters. The monoisotopic (exact) mass is 420 g/mol. The van der Waals surface area contributed by atoms with Crippen molar-refractivity contribution in [2.24, 2.45) is 0 Å². The van der Waals surface area contributed by atoms with Gasteiger partial charge in [0.15, 0.2) is 0 Å². The van der Waals surface area contributed by atoms with Crippen LogP contribution in [0, 0.1) is 6.92 Å². The molecule has 0 saturated carbocycles. The van der Waals surface area contributed by atoms with E-state index in [1.54, 1.807) is 28.4 Å². The van der Waals surface area contributed by atoms with Crippen LogP contribution in [0.4, 0.5) is 0 Å². The molecule has 0 N–H and O–H groups in total. The number of carbonyl (C=O) groups is 2. The van der Waals surface area contributed by atoms with Gasteiger partial charge in [0, 0.05) is 28.4 Å². The molecule has 0 spiro atoms. The lowest BCUT2D eigenvalue weighted by Gasteiger charge is -2.27. The van der Waals surface area contributed by atoms with Crippen LogP contribution in [0.3, 0.4) is 0 Å². The van der Waals surface area contributed by atoms with Gasteiger partial charge in [-0.15, -0.1) is 11.3 Å². The Kier molecular flexibility index (Phi) is 7.80. The van der Waals surface area contributed by atoms with Crippen LogP contribution < -0.4 is 0 Å². The van der Waals surface area contributed by atoms with Gasteiger partial charge in [-0.1, -0.05) is 55.5 Å². The van der Waals surface area contributed by atoms with Crippen LogP contribution in [0.15, 0.2) is 72.8 Å². The summed E-state index contributed by atoms with van der Waals surface area (Å²) in [4.78, 5) is 32.2. The van der Waals surface area contributed by atoms with E-state index in [0.29, 0.717) is 25.2 Å². The summed E-state index contributed by atoms with van der Waals surface area (Å²) in [6.07, 6.45) is 0.800. The maximum Gasteiger partial charge on any atom is 0.254 e. The van der Waals surface area contributed by atoms with E-state index in [1.807, 2.05) is 60.4 Å². The summed E-state index contributed by atoms with van der Waals surface area (Å²) < 4.78 is 0. The van der Waals surface area contributed by atoms with E-state index in [2.05, 4.69) is 19.1 Å². The maximum atomic E-state index is 13.3. The van der Waals surface area contributed by atoms with Crippen LogP contribution in [0.2, 0.25) is 0 Å². The lowest BCUT2D eigenvalue weighted by molar-refractivity contribution is -0.133. The van der Waals surface area contributed by atoms with Gasteiger partial charge >= 0.3 is 0 Å². The van der Waals surface area contributed by atoms with Crippen molar-refractivity contribution in [3.05, 3.63) is 93.7 Å². The van der Waals surface area contributed by atoms with Gasteiger partial charge < -0.3 is 9.80 Å². The molecule has 2 amide bonds. The van der Waals surface area contributed by atoms with E-state index in [0.717, 1.165) is 16.9 Å². The van der Waals surface area contributed by atoms with Crippen molar-refractivity contribution < 1.29 is 9.59 Å². The fourth-order valence-corrected chi connectivity index (χ4v) is 4.25. The average Bonchev–Trinajstić information content (AvgIpc) is 3.18. The van der Waals surface area contributed by atoms with E-state index in [1.165, 1.54) is 4.88 Å². The Morgan fingerprint density at radius 3 is 2.10 bits per heavy atom. The quantitative estimate of drug-likeness (QED) is 0.481. The van der Waals surface area contributed by atoms with Crippen molar-refractivity contribution in [3.63, 3.8) is 0 Å². The minimum Gasteiger partial charge on any atom is -0.332 e. The number of carbonyl (C=O) groups excluding carboxylic acids is 2. The molecule has 5 heteroatoms. The third-order valence-corrected chi connectivity index (χ3v) is 5.82. The maximum absolute atomic E-state index is 13.3. The predicted octanol–water partition coefficient (Wildman–Crippen LogP) is 5.14. The van der Waals surface area contributed by atoms with Crippen LogP contribution in [0.1, 0.15) is 39.0 Å². The van der Waals surface area contributed by atoms with Crippen molar-refractivity contribution in [3.8, 4) is 0 Å². The van der Waals surface area contributed by atoms with Gasteiger partial charge in [-0.25, -0.2) is 0 Å². The van der Waals surface area contributed by atoms with Gasteiger partial charge in [0.2, 0.25) is 5.91 Å². The van der Waals surface area contributed by atoms with Crippen LogP contribution in [0.25, 0.3) is 0 Å². The van der Waals surface area contributed by atoms with Gasteiger partial charge in [-0.2, -0.15) is 0 Å². The fraction of sp³-hybridized carbons (Fsp3) is 0.280. The Morgan fingerprint density at radius 1 is 0.833 bits per heavy atom. The standard InChI is InChI=1S/C25H28N2O2S/c1-3-16-26(25(29)22-12-8-5-9-13-22)19-24(28)27(17-21-10-6-4-7-11-21)18-23-15-14-20(2)30-23/h4-15H,3,16-19H2,1-2H3. The largest absolute Gasteiger partial charge is 0.332 e. The van der Waals surface area contributed by atoms with Crippen molar-refractivity contribution in [2.75, 3.05) is 13.1 Å². The molecule has 0 unspecified atom stereocenters. The molecule has 2 aromatic carbocycles. The van der Waals surface area contributed by atoms with E-state index >= 15 is 0 Å². The highest BCUT2D eigenvalue weighted by molar-refractivity contribution is 7.11. The van der Waals surface area contributed by atoms with Gasteiger partial charge in [0.25, 0.3) is 5.91 Å². The van der Waals surface area contributed by atoms with E-state index < -0.39 is 0 Å². The number of hydrogen-bond acceptors (Lipinski definition) is 3. The highest BCUT2D eigenvalue weighted by atomic mass is 32.1. The number of aryl methyl sites for hydroxylation is 1. The van der Waals surface area contributed by atoms with Crippen LogP contribution in [-0.4, -0.2) is 34.7 Å². The van der Waals surface area contributed by atoms with Gasteiger partial charge in [0.05, 0.1) is 6.54 Å². The molecule has 0 fully saturated rings. The topological polar surface area (TPSA) is 40.6 Å². The molecule has 0 bridgehead atoms. The molecule has 30 heavy (non-hydrogen) atoms. The lowest BCUT2D eigenvalue weighted by atomic mass is 10.2. The zero-order valence-corrected chi connectivity index (χ0v) is 18.4. The third kappa shape index (κ3) is 6.04. The SMILES string of the molecule is CCCN(CC(=O)N(Cc1ccccc1)Cc1ccc(C)s1)C(=O)c1ccccc1. The molecular formula is C25H28N2O2S. The summed E-state index contributed by atoms with van der Waals surface area (Å²) in [5.41, 5.74) is 1.69. The zero-order chi connectivity index (χ0) is 21.3. The normalized spacial score (nSPS) is 10.6. The second-order valence-corrected chi connectivity index (χ2v) is 8.71. The minimum absolute atomic E-state index is 0.0392. The number of rotatable bonds is 9. The second kappa shape index (κ2) is 10.7. The highest BCUT2D eigenvalue weighted by Crippen LogP contribution is 2.19. The second-order valence-electron chi connectivity index (χ2n) is 7.34. The summed E-state index contributed by atoms with van der Waals surface area (Å²) in [7, 11) is 0. The zero-order valence-electron chi connectivity index (χ0n) is 17.6. The molecule has 0 aliphatic rings. The summed E-state index contributed by atoms with van der Waals surface area (Å²) in [6.45, 7) is 5.79. The van der Waals surface area contributed by atoms with Crippen molar-refractivity contribution in [2.45, 2.75) is 33.4 Å². The molecule has 3 aromatic rings. The number of benzene rings is 2. The van der Waals surface area contributed by atoms with Gasteiger partial charge in [0.1, 0.15) is 6.54 Å². The Labute approximate surface area is 182 Å². The van der Waals surface area contributed by atoms with Crippen molar-refractivity contribution in [1.29, 1.82) is 0 Å². The minimum atomic E-state index is -0.0996. The predicted molar refractivity (Wildman–Crippen MR) is 122 cm³/mol. The van der Waals surface area contributed by atoms with Crippen LogP contribution >= 0.6 is 11.3 Å². The molecule has 3 rings (SSSR count). The highest BCUT2D eigenvalue weighted by Gasteiger charge is 2.22. The smallest absolute Gasteiger partial charge is 0.254 e. The van der Waals surface area contributed by atoms with Crippen LogP contribution in [-0.2, 0) is 17.9 Å². The lowest BCUT2D eigenvalue weighted by Crippen LogP contribution is -2.42. The van der Waals surface area contributed by atoms with E-state index in [4.69, 9.17) is 0 Å². The fourth-order valence-electron chi connectivity index (χ4n) is 3.34. The molecule has 0 saturated heterocycles. The number of nitrogens with zero attached hydrogens (tertiary/aromatic N) is 2. The third-order valence-electron chi connectivity index (χ3n) is 4.84. The van der Waals surface area contributed by atoms with Gasteiger partial charge in [-0.05, 0) is 43.2 Å². The molecule has 0 aliphatic heterocycles. The molecule has 1 aromatic heterocycles. The summed E-state index contributed by atoms with van der Waals surface area (Å²) >= 11 is 1.70. The molecular weight excluding hydrogens is 392 g/mol. The molecule has 156 valence electrons. The van der Waals surface area contributed by atoms with Crippen molar-refractivity contribution in [1.82, 2.24) is 9.80 Å². The Hall–Kier alpha value is -2.92.